The summed E-state index contributed by atoms with van der Waals surface area (Å²) in [6.07, 6.45) is 6.65. The summed E-state index contributed by atoms with van der Waals surface area (Å²) in [5, 5.41) is 15.9. The van der Waals surface area contributed by atoms with E-state index in [1.165, 1.54) is 0 Å². The number of fused-ring (bicyclic) bond motifs is 1. The van der Waals surface area contributed by atoms with Crippen molar-refractivity contribution in [2.75, 3.05) is 5.12 Å². The SMILES string of the molecule is O=C(O)C(Oc1ccc(Br)cc1N1N=C2C=CC=CC2N1)c1ccc(Br)cc1. The molecule has 2 aromatic rings. The van der Waals surface area contributed by atoms with Gasteiger partial charge in [0.05, 0.1) is 11.8 Å². The third kappa shape index (κ3) is 3.89. The zero-order valence-electron chi connectivity index (χ0n) is 14.4. The molecule has 8 heteroatoms. The molecule has 0 saturated carbocycles. The molecule has 1 heterocycles. The summed E-state index contributed by atoms with van der Waals surface area (Å²) < 4.78 is 7.62. The number of halogens is 2. The molecule has 0 aromatic heterocycles. The van der Waals surface area contributed by atoms with Crippen molar-refractivity contribution in [2.45, 2.75) is 12.1 Å². The number of hydrazine groups is 1. The van der Waals surface area contributed by atoms with E-state index in [4.69, 9.17) is 4.74 Å². The van der Waals surface area contributed by atoms with Crippen molar-refractivity contribution in [1.29, 1.82) is 0 Å². The van der Waals surface area contributed by atoms with Crippen LogP contribution in [0.2, 0.25) is 0 Å². The highest BCUT2D eigenvalue weighted by atomic mass is 79.9. The van der Waals surface area contributed by atoms with Crippen LogP contribution in [0, 0.1) is 0 Å². The highest BCUT2D eigenvalue weighted by Crippen LogP contribution is 2.36. The van der Waals surface area contributed by atoms with Gasteiger partial charge in [-0.3, -0.25) is 0 Å². The maximum absolute atomic E-state index is 11.9. The first-order valence-corrected chi connectivity index (χ1v) is 10.0. The number of carboxylic acid groups (broad SMARTS) is 1. The van der Waals surface area contributed by atoms with Crippen LogP contribution in [0.3, 0.4) is 0 Å². The molecule has 142 valence electrons. The average Bonchev–Trinajstić information content (AvgIpc) is 3.11. The van der Waals surface area contributed by atoms with Gasteiger partial charge in [-0.1, -0.05) is 62.2 Å². The largest absolute Gasteiger partial charge is 0.478 e. The molecule has 6 nitrogen and oxygen atoms in total. The first-order chi connectivity index (χ1) is 13.5. The number of nitrogens with zero attached hydrogens (tertiary/aromatic N) is 2. The number of hydrogen-bond acceptors (Lipinski definition) is 5. The van der Waals surface area contributed by atoms with Crippen LogP contribution in [0.15, 0.2) is 80.8 Å². The van der Waals surface area contributed by atoms with Crippen LogP contribution in [0.25, 0.3) is 0 Å². The lowest BCUT2D eigenvalue weighted by atomic mass is 10.1. The van der Waals surface area contributed by atoms with Crippen LogP contribution in [0.5, 0.6) is 5.75 Å². The van der Waals surface area contributed by atoms with E-state index in [1.54, 1.807) is 41.5 Å². The number of carboxylic acids is 1. The normalized spacial score (nSPS) is 18.6. The van der Waals surface area contributed by atoms with E-state index in [2.05, 4.69) is 42.4 Å². The molecule has 1 aliphatic carbocycles. The highest BCUT2D eigenvalue weighted by Gasteiger charge is 2.29. The second kappa shape index (κ2) is 7.90. The highest BCUT2D eigenvalue weighted by molar-refractivity contribution is 9.10. The van der Waals surface area contributed by atoms with Gasteiger partial charge in [-0.25, -0.2) is 4.79 Å². The molecule has 0 spiro atoms. The van der Waals surface area contributed by atoms with E-state index in [0.29, 0.717) is 17.0 Å². The van der Waals surface area contributed by atoms with E-state index in [9.17, 15) is 9.90 Å². The average molecular weight is 505 g/mol. The quantitative estimate of drug-likeness (QED) is 0.622. The maximum atomic E-state index is 11.9. The zero-order chi connectivity index (χ0) is 19.7. The molecule has 0 radical (unpaired) electrons. The van der Waals surface area contributed by atoms with Crippen LogP contribution in [0.1, 0.15) is 11.7 Å². The summed E-state index contributed by atoms with van der Waals surface area (Å²) >= 11 is 6.82. The van der Waals surface area contributed by atoms with E-state index in [1.807, 2.05) is 30.4 Å². The Hall–Kier alpha value is -2.42. The lowest BCUT2D eigenvalue weighted by Crippen LogP contribution is -2.37. The number of nitrogens with one attached hydrogen (secondary N) is 1. The lowest BCUT2D eigenvalue weighted by Gasteiger charge is -2.22. The third-order valence-corrected chi connectivity index (χ3v) is 5.29. The number of carbonyl (C=O) groups is 1. The third-order valence-electron chi connectivity index (χ3n) is 4.27. The predicted octanol–water partition coefficient (Wildman–Crippen LogP) is 4.59. The lowest BCUT2D eigenvalue weighted by molar-refractivity contribution is -0.145. The smallest absolute Gasteiger partial charge is 0.349 e. The topological polar surface area (TPSA) is 74.2 Å². The Bertz CT molecular complexity index is 1000. The van der Waals surface area contributed by atoms with Gasteiger partial charge in [-0.15, -0.1) is 0 Å². The van der Waals surface area contributed by atoms with Crippen molar-refractivity contribution < 1.29 is 14.6 Å². The monoisotopic (exact) mass is 503 g/mol. The van der Waals surface area contributed by atoms with Crippen LogP contribution in [-0.4, -0.2) is 22.8 Å². The number of allylic oxidation sites excluding steroid dienone is 2. The van der Waals surface area contributed by atoms with Gasteiger partial charge in [-0.2, -0.15) is 15.6 Å². The van der Waals surface area contributed by atoms with Gasteiger partial charge in [0, 0.05) is 14.5 Å². The fraction of sp³-hybridized carbons (Fsp3) is 0.100. The number of hydrogen-bond donors (Lipinski definition) is 2. The molecule has 0 amide bonds. The second-order valence-corrected chi connectivity index (χ2v) is 8.02. The first-order valence-electron chi connectivity index (χ1n) is 8.45. The summed E-state index contributed by atoms with van der Waals surface area (Å²) in [5.41, 5.74) is 5.29. The van der Waals surface area contributed by atoms with Crippen LogP contribution in [-0.2, 0) is 4.79 Å². The van der Waals surface area contributed by atoms with Crippen LogP contribution < -0.4 is 15.3 Å². The molecule has 1 aliphatic heterocycles. The fourth-order valence-electron chi connectivity index (χ4n) is 2.92. The summed E-state index contributed by atoms with van der Waals surface area (Å²) in [6.45, 7) is 0. The summed E-state index contributed by atoms with van der Waals surface area (Å²) in [7, 11) is 0. The zero-order valence-corrected chi connectivity index (χ0v) is 17.6. The molecule has 2 aliphatic rings. The van der Waals surface area contributed by atoms with Gasteiger partial charge in [-0.05, 0) is 36.4 Å². The molecule has 2 aromatic carbocycles. The van der Waals surface area contributed by atoms with Crippen molar-refractivity contribution in [1.82, 2.24) is 5.43 Å². The van der Waals surface area contributed by atoms with Gasteiger partial charge in [0.25, 0.3) is 0 Å². The Kier molecular flexibility index (Phi) is 5.34. The molecule has 2 unspecified atom stereocenters. The molecule has 2 atom stereocenters. The van der Waals surface area contributed by atoms with E-state index < -0.39 is 12.1 Å². The van der Waals surface area contributed by atoms with Crippen molar-refractivity contribution >= 4 is 49.2 Å². The maximum Gasteiger partial charge on any atom is 0.349 e. The van der Waals surface area contributed by atoms with Gasteiger partial charge in [0.15, 0.2) is 0 Å². The summed E-state index contributed by atoms with van der Waals surface area (Å²) in [5.74, 6) is -0.668. The van der Waals surface area contributed by atoms with Gasteiger partial charge < -0.3 is 9.84 Å². The summed E-state index contributed by atoms with van der Waals surface area (Å²) in [4.78, 5) is 11.9. The Labute approximate surface area is 178 Å². The first kappa shape index (κ1) is 18.9. The Morgan fingerprint density at radius 3 is 2.61 bits per heavy atom. The summed E-state index contributed by atoms with van der Waals surface area (Å²) in [6, 6.07) is 12.3. The number of anilines is 1. The predicted molar refractivity (Wildman–Crippen MR) is 114 cm³/mol. The van der Waals surface area contributed by atoms with Crippen molar-refractivity contribution in [2.24, 2.45) is 5.10 Å². The van der Waals surface area contributed by atoms with Gasteiger partial charge in [0.1, 0.15) is 11.4 Å². The number of benzene rings is 2. The minimum atomic E-state index is -1.15. The molecule has 0 fully saturated rings. The minimum absolute atomic E-state index is 0.0291. The number of hydrazone groups is 1. The van der Waals surface area contributed by atoms with Crippen LogP contribution >= 0.6 is 31.9 Å². The minimum Gasteiger partial charge on any atom is -0.478 e. The molecule has 4 rings (SSSR count). The molecule has 2 N–H and O–H groups in total. The van der Waals surface area contributed by atoms with E-state index in [0.717, 1.165) is 14.7 Å². The molecule has 0 saturated heterocycles. The fourth-order valence-corrected chi connectivity index (χ4v) is 3.53. The Balaban J connectivity index is 1.67. The van der Waals surface area contributed by atoms with E-state index >= 15 is 0 Å². The number of aliphatic carboxylic acids is 1. The molecular formula is C20H15Br2N3O3. The van der Waals surface area contributed by atoms with Crippen LogP contribution in [0.4, 0.5) is 5.69 Å². The second-order valence-electron chi connectivity index (χ2n) is 6.19. The van der Waals surface area contributed by atoms with Gasteiger partial charge >= 0.3 is 5.97 Å². The Morgan fingerprint density at radius 2 is 1.89 bits per heavy atom. The standard InChI is InChI=1S/C20H15Br2N3O3/c21-13-7-5-12(6-8-13)19(20(26)27)28-18-10-9-14(22)11-17(18)25-23-15-3-1-2-4-16(15)24-25/h1-11,15,19,23H,(H,26,27). The molecular weight excluding hydrogens is 490 g/mol. The Morgan fingerprint density at radius 1 is 1.14 bits per heavy atom. The molecule has 28 heavy (non-hydrogen) atoms. The number of rotatable bonds is 5. The van der Waals surface area contributed by atoms with E-state index in [-0.39, 0.29) is 6.04 Å². The van der Waals surface area contributed by atoms with Crippen molar-refractivity contribution in [3.63, 3.8) is 0 Å². The van der Waals surface area contributed by atoms with Gasteiger partial charge in [0.2, 0.25) is 6.10 Å². The van der Waals surface area contributed by atoms with Crippen molar-refractivity contribution in [3.05, 3.63) is 81.3 Å². The van der Waals surface area contributed by atoms with Crippen molar-refractivity contribution in [3.8, 4) is 5.75 Å². The molecule has 0 bridgehead atoms. The number of ether oxygens (including phenoxy) is 1.